The van der Waals surface area contributed by atoms with Crippen molar-refractivity contribution in [2.24, 2.45) is 0 Å². The van der Waals surface area contributed by atoms with Crippen LogP contribution in [0.3, 0.4) is 0 Å². The van der Waals surface area contributed by atoms with Crippen LogP contribution in [-0.2, 0) is 6.42 Å². The van der Waals surface area contributed by atoms with Gasteiger partial charge in [-0.3, -0.25) is 0 Å². The molecule has 0 saturated carbocycles. The molecule has 3 aromatic rings. The van der Waals surface area contributed by atoms with Gasteiger partial charge in [-0.1, -0.05) is 12.1 Å². The first-order valence-corrected chi connectivity index (χ1v) is 6.05. The zero-order chi connectivity index (χ0) is 13.2. The summed E-state index contributed by atoms with van der Waals surface area (Å²) in [4.78, 5) is 7.81. The Kier molecular flexibility index (Phi) is 2.83. The molecule has 3 rings (SSSR count). The fourth-order valence-electron chi connectivity index (χ4n) is 2.06. The minimum atomic E-state index is 0.276. The van der Waals surface area contributed by atoms with Crippen LogP contribution in [0.25, 0.3) is 11.0 Å². The molecule has 0 atom stereocenters. The van der Waals surface area contributed by atoms with E-state index in [1.54, 1.807) is 19.2 Å². The van der Waals surface area contributed by atoms with Crippen LogP contribution in [0.2, 0.25) is 0 Å². The Morgan fingerprint density at radius 2 is 1.95 bits per heavy atom. The molecule has 4 heteroatoms. The number of hydrogen-bond acceptors (Lipinski definition) is 3. The second kappa shape index (κ2) is 4.65. The van der Waals surface area contributed by atoms with Gasteiger partial charge >= 0.3 is 0 Å². The van der Waals surface area contributed by atoms with E-state index in [1.807, 2.05) is 30.3 Å². The third-order valence-electron chi connectivity index (χ3n) is 3.05. The summed E-state index contributed by atoms with van der Waals surface area (Å²) < 4.78 is 5.19. The maximum Gasteiger partial charge on any atom is 0.121 e. The quantitative estimate of drug-likeness (QED) is 0.755. The van der Waals surface area contributed by atoms with Crippen LogP contribution in [0.1, 0.15) is 11.4 Å². The molecule has 0 radical (unpaired) electrons. The van der Waals surface area contributed by atoms with E-state index < -0.39 is 0 Å². The SMILES string of the molecule is COc1ccc2nc(Cc3ccc(O)cc3)[nH]c2c1. The first kappa shape index (κ1) is 11.6. The molecule has 4 nitrogen and oxygen atoms in total. The number of phenolic OH excluding ortho intramolecular Hbond substituents is 1. The van der Waals surface area contributed by atoms with Gasteiger partial charge in [0.2, 0.25) is 0 Å². The number of aromatic amines is 1. The third kappa shape index (κ3) is 2.38. The monoisotopic (exact) mass is 254 g/mol. The Labute approximate surface area is 110 Å². The molecule has 2 N–H and O–H groups in total. The number of aromatic hydroxyl groups is 1. The number of nitrogens with zero attached hydrogens (tertiary/aromatic N) is 1. The lowest BCUT2D eigenvalue weighted by atomic mass is 10.1. The van der Waals surface area contributed by atoms with Crippen LogP contribution in [0.4, 0.5) is 0 Å². The zero-order valence-corrected chi connectivity index (χ0v) is 10.6. The van der Waals surface area contributed by atoms with Gasteiger partial charge < -0.3 is 14.8 Å². The lowest BCUT2D eigenvalue weighted by Crippen LogP contribution is -1.89. The molecule has 1 aromatic heterocycles. The standard InChI is InChI=1S/C15H14N2O2/c1-19-12-6-7-13-14(9-12)17-15(16-13)8-10-2-4-11(18)5-3-10/h2-7,9,18H,8H2,1H3,(H,16,17). The molecular weight excluding hydrogens is 240 g/mol. The fourth-order valence-corrected chi connectivity index (χ4v) is 2.06. The van der Waals surface area contributed by atoms with Gasteiger partial charge in [-0.2, -0.15) is 0 Å². The number of hydrogen-bond donors (Lipinski definition) is 2. The van der Waals surface area contributed by atoms with Crippen molar-refractivity contribution in [3.8, 4) is 11.5 Å². The number of nitrogens with one attached hydrogen (secondary N) is 1. The number of benzene rings is 2. The Balaban J connectivity index is 1.90. The topological polar surface area (TPSA) is 58.1 Å². The van der Waals surface area contributed by atoms with E-state index >= 15 is 0 Å². The summed E-state index contributed by atoms with van der Waals surface area (Å²) in [5.41, 5.74) is 2.99. The maximum absolute atomic E-state index is 9.26. The molecule has 0 aliphatic heterocycles. The Hall–Kier alpha value is -2.49. The lowest BCUT2D eigenvalue weighted by Gasteiger charge is -1.98. The smallest absolute Gasteiger partial charge is 0.121 e. The van der Waals surface area contributed by atoms with E-state index in [9.17, 15) is 5.11 Å². The van der Waals surface area contributed by atoms with Crippen LogP contribution in [0.5, 0.6) is 11.5 Å². The number of methoxy groups -OCH3 is 1. The molecular formula is C15H14N2O2. The second-order valence-electron chi connectivity index (χ2n) is 4.41. The van der Waals surface area contributed by atoms with Crippen molar-refractivity contribution in [2.75, 3.05) is 7.11 Å². The van der Waals surface area contributed by atoms with Gasteiger partial charge in [-0.05, 0) is 29.8 Å². The summed E-state index contributed by atoms with van der Waals surface area (Å²) in [5, 5.41) is 9.26. The highest BCUT2D eigenvalue weighted by atomic mass is 16.5. The Bertz CT molecular complexity index is 702. The molecule has 0 saturated heterocycles. The van der Waals surface area contributed by atoms with E-state index in [2.05, 4.69) is 9.97 Å². The summed E-state index contributed by atoms with van der Waals surface area (Å²) >= 11 is 0. The average Bonchev–Trinajstić information content (AvgIpc) is 2.82. The molecule has 1 heterocycles. The number of phenols is 1. The van der Waals surface area contributed by atoms with Gasteiger partial charge in [0.05, 0.1) is 18.1 Å². The van der Waals surface area contributed by atoms with Gasteiger partial charge in [-0.15, -0.1) is 0 Å². The fraction of sp³-hybridized carbons (Fsp3) is 0.133. The summed E-state index contributed by atoms with van der Waals surface area (Å²) in [6, 6.07) is 12.9. The highest BCUT2D eigenvalue weighted by Gasteiger charge is 2.05. The van der Waals surface area contributed by atoms with E-state index in [4.69, 9.17) is 4.74 Å². The number of imidazole rings is 1. The molecule has 0 spiro atoms. The van der Waals surface area contributed by atoms with Crippen molar-refractivity contribution >= 4 is 11.0 Å². The molecule has 0 fully saturated rings. The predicted octanol–water partition coefficient (Wildman–Crippen LogP) is 2.87. The molecule has 0 aliphatic carbocycles. The first-order valence-electron chi connectivity index (χ1n) is 6.05. The summed E-state index contributed by atoms with van der Waals surface area (Å²) in [5.74, 6) is 1.99. The van der Waals surface area contributed by atoms with E-state index in [-0.39, 0.29) is 5.75 Å². The summed E-state index contributed by atoms with van der Waals surface area (Å²) in [7, 11) is 1.65. The molecule has 96 valence electrons. The summed E-state index contributed by atoms with van der Waals surface area (Å²) in [6.07, 6.45) is 0.706. The van der Waals surface area contributed by atoms with E-state index in [0.717, 1.165) is 28.2 Å². The highest BCUT2D eigenvalue weighted by molar-refractivity contribution is 5.76. The van der Waals surface area contributed by atoms with Crippen molar-refractivity contribution < 1.29 is 9.84 Å². The average molecular weight is 254 g/mol. The van der Waals surface area contributed by atoms with Gasteiger partial charge in [0, 0.05) is 12.5 Å². The largest absolute Gasteiger partial charge is 0.508 e. The van der Waals surface area contributed by atoms with Gasteiger partial charge in [0.1, 0.15) is 17.3 Å². The van der Waals surface area contributed by atoms with Gasteiger partial charge in [-0.25, -0.2) is 4.98 Å². The van der Waals surface area contributed by atoms with Crippen LogP contribution < -0.4 is 4.74 Å². The lowest BCUT2D eigenvalue weighted by molar-refractivity contribution is 0.415. The number of H-pyrrole nitrogens is 1. The van der Waals surface area contributed by atoms with Crippen LogP contribution in [0.15, 0.2) is 42.5 Å². The zero-order valence-electron chi connectivity index (χ0n) is 10.6. The third-order valence-corrected chi connectivity index (χ3v) is 3.05. The molecule has 0 bridgehead atoms. The number of aromatic nitrogens is 2. The van der Waals surface area contributed by atoms with Crippen molar-refractivity contribution in [1.82, 2.24) is 9.97 Å². The number of fused-ring (bicyclic) bond motifs is 1. The molecule has 0 aliphatic rings. The maximum atomic E-state index is 9.26. The summed E-state index contributed by atoms with van der Waals surface area (Å²) in [6.45, 7) is 0. The van der Waals surface area contributed by atoms with Crippen LogP contribution in [-0.4, -0.2) is 22.2 Å². The molecule has 0 amide bonds. The normalized spacial score (nSPS) is 10.8. The Morgan fingerprint density at radius 1 is 1.16 bits per heavy atom. The molecule has 2 aromatic carbocycles. The van der Waals surface area contributed by atoms with E-state index in [1.165, 1.54) is 0 Å². The number of ether oxygens (including phenoxy) is 1. The first-order chi connectivity index (χ1) is 9.24. The van der Waals surface area contributed by atoms with E-state index in [0.29, 0.717) is 6.42 Å². The van der Waals surface area contributed by atoms with Gasteiger partial charge in [0.15, 0.2) is 0 Å². The van der Waals surface area contributed by atoms with Crippen molar-refractivity contribution in [1.29, 1.82) is 0 Å². The van der Waals surface area contributed by atoms with Crippen molar-refractivity contribution in [3.63, 3.8) is 0 Å². The van der Waals surface area contributed by atoms with Crippen molar-refractivity contribution in [3.05, 3.63) is 53.9 Å². The second-order valence-corrected chi connectivity index (χ2v) is 4.41. The molecule has 19 heavy (non-hydrogen) atoms. The minimum Gasteiger partial charge on any atom is -0.508 e. The van der Waals surface area contributed by atoms with Gasteiger partial charge in [0.25, 0.3) is 0 Å². The highest BCUT2D eigenvalue weighted by Crippen LogP contribution is 2.20. The van der Waals surface area contributed by atoms with Crippen molar-refractivity contribution in [2.45, 2.75) is 6.42 Å². The van der Waals surface area contributed by atoms with Crippen LogP contribution >= 0.6 is 0 Å². The minimum absolute atomic E-state index is 0.276. The predicted molar refractivity (Wildman–Crippen MR) is 73.6 cm³/mol. The molecule has 0 unspecified atom stereocenters. The number of rotatable bonds is 3. The Morgan fingerprint density at radius 3 is 2.68 bits per heavy atom. The van der Waals surface area contributed by atoms with Crippen LogP contribution in [0, 0.1) is 0 Å².